The zero-order valence-electron chi connectivity index (χ0n) is 21.5. The molecule has 0 aliphatic carbocycles. The van der Waals surface area contributed by atoms with Gasteiger partial charge in [0.05, 0.1) is 23.9 Å². The Morgan fingerprint density at radius 2 is 1.77 bits per heavy atom. The topological polar surface area (TPSA) is 105 Å². The molecule has 0 unspecified atom stereocenters. The van der Waals surface area contributed by atoms with Crippen molar-refractivity contribution in [2.24, 2.45) is 0 Å². The molecule has 2 amide bonds. The Balaban J connectivity index is 1.37. The first-order chi connectivity index (χ1) is 19.0. The highest BCUT2D eigenvalue weighted by atomic mass is 32.1. The summed E-state index contributed by atoms with van der Waals surface area (Å²) in [7, 11) is 1.57. The van der Waals surface area contributed by atoms with Crippen molar-refractivity contribution in [3.63, 3.8) is 0 Å². The van der Waals surface area contributed by atoms with Gasteiger partial charge < -0.3 is 20.7 Å². The molecule has 39 heavy (non-hydrogen) atoms. The number of ether oxygens (including phenoxy) is 1. The van der Waals surface area contributed by atoms with Crippen molar-refractivity contribution in [1.82, 2.24) is 15.3 Å². The lowest BCUT2D eigenvalue weighted by Crippen LogP contribution is -2.26. The molecule has 8 nitrogen and oxygen atoms in total. The second-order valence-corrected chi connectivity index (χ2v) is 9.78. The van der Waals surface area contributed by atoms with E-state index in [0.29, 0.717) is 41.5 Å². The number of amides is 2. The summed E-state index contributed by atoms with van der Waals surface area (Å²) in [5.41, 5.74) is 4.18. The molecule has 196 valence electrons. The van der Waals surface area contributed by atoms with Crippen LogP contribution in [0.4, 0.5) is 17.2 Å². The van der Waals surface area contributed by atoms with Crippen LogP contribution in [0.2, 0.25) is 0 Å². The summed E-state index contributed by atoms with van der Waals surface area (Å²) in [5.74, 6) is 0.407. The highest BCUT2D eigenvalue weighted by Crippen LogP contribution is 2.29. The predicted octanol–water partition coefficient (Wildman–Crippen LogP) is 5.98. The van der Waals surface area contributed by atoms with E-state index >= 15 is 0 Å². The van der Waals surface area contributed by atoms with Crippen molar-refractivity contribution in [3.05, 3.63) is 107 Å². The van der Waals surface area contributed by atoms with Crippen molar-refractivity contribution >= 4 is 50.4 Å². The molecule has 0 saturated heterocycles. The van der Waals surface area contributed by atoms with Gasteiger partial charge in [0, 0.05) is 46.2 Å². The summed E-state index contributed by atoms with van der Waals surface area (Å²) in [4.78, 5) is 35.0. The molecule has 5 aromatic rings. The summed E-state index contributed by atoms with van der Waals surface area (Å²) >= 11 is 1.51. The molecule has 0 atom stereocenters. The molecular formula is C30H27N5O3S. The maximum Gasteiger partial charge on any atom is 0.257 e. The number of hydrogen-bond acceptors (Lipinski definition) is 7. The number of benzene rings is 2. The Morgan fingerprint density at radius 3 is 2.62 bits per heavy atom. The number of carbonyl (C=O) groups excluding carboxylic acids is 2. The van der Waals surface area contributed by atoms with Crippen LogP contribution in [0.15, 0.2) is 84.5 Å². The van der Waals surface area contributed by atoms with Crippen molar-refractivity contribution in [1.29, 1.82) is 0 Å². The number of anilines is 3. The number of hydrogen-bond donors (Lipinski definition) is 3. The highest BCUT2D eigenvalue weighted by Gasteiger charge is 2.17. The van der Waals surface area contributed by atoms with Crippen LogP contribution >= 0.6 is 11.3 Å². The highest BCUT2D eigenvalue weighted by molar-refractivity contribution is 7.17. The second-order valence-electron chi connectivity index (χ2n) is 8.87. The first-order valence-electron chi connectivity index (χ1n) is 12.4. The van der Waals surface area contributed by atoms with Gasteiger partial charge in [-0.05, 0) is 48.7 Å². The normalized spacial score (nSPS) is 10.7. The summed E-state index contributed by atoms with van der Waals surface area (Å²) in [5, 5.41) is 11.9. The zero-order chi connectivity index (χ0) is 27.2. The molecule has 5 rings (SSSR count). The Kier molecular flexibility index (Phi) is 7.79. The number of aromatic nitrogens is 2. The first kappa shape index (κ1) is 25.9. The van der Waals surface area contributed by atoms with Crippen LogP contribution in [-0.4, -0.2) is 35.4 Å². The maximum absolute atomic E-state index is 13.3. The average molecular weight is 538 g/mol. The molecule has 0 aliphatic heterocycles. The SMILES string of the molecule is COc1cc(CCNC(=O)c2cnc(Nc3ccccc3C)c(NC(=O)c3csc4ccccc34)c2)ccn1. The van der Waals surface area contributed by atoms with E-state index in [1.54, 1.807) is 19.4 Å². The van der Waals surface area contributed by atoms with Gasteiger partial charge in [0.2, 0.25) is 5.88 Å². The van der Waals surface area contributed by atoms with Crippen LogP contribution in [0.3, 0.4) is 0 Å². The van der Waals surface area contributed by atoms with Gasteiger partial charge in [0.15, 0.2) is 5.82 Å². The Bertz CT molecular complexity index is 1650. The molecule has 0 spiro atoms. The van der Waals surface area contributed by atoms with Crippen LogP contribution in [0.1, 0.15) is 31.8 Å². The molecular weight excluding hydrogens is 510 g/mol. The third kappa shape index (κ3) is 6.05. The van der Waals surface area contributed by atoms with Gasteiger partial charge in [-0.3, -0.25) is 9.59 Å². The molecule has 3 aromatic heterocycles. The molecule has 0 fully saturated rings. The number of para-hydroxylation sites is 1. The van der Waals surface area contributed by atoms with Gasteiger partial charge in [-0.15, -0.1) is 11.3 Å². The van der Waals surface area contributed by atoms with Gasteiger partial charge in [-0.2, -0.15) is 0 Å². The van der Waals surface area contributed by atoms with E-state index in [-0.39, 0.29) is 11.8 Å². The molecule has 0 saturated carbocycles. The Hall–Kier alpha value is -4.76. The number of pyridine rings is 2. The number of methoxy groups -OCH3 is 1. The minimum absolute atomic E-state index is 0.272. The van der Waals surface area contributed by atoms with Crippen LogP contribution in [0.25, 0.3) is 10.1 Å². The third-order valence-electron chi connectivity index (χ3n) is 6.23. The lowest BCUT2D eigenvalue weighted by molar-refractivity contribution is 0.0952. The number of fused-ring (bicyclic) bond motifs is 1. The predicted molar refractivity (Wildman–Crippen MR) is 155 cm³/mol. The summed E-state index contributed by atoms with van der Waals surface area (Å²) in [6.07, 6.45) is 3.78. The number of aryl methyl sites for hydroxylation is 1. The average Bonchev–Trinajstić information content (AvgIpc) is 3.39. The quantitative estimate of drug-likeness (QED) is 0.214. The van der Waals surface area contributed by atoms with Crippen LogP contribution < -0.4 is 20.7 Å². The third-order valence-corrected chi connectivity index (χ3v) is 7.19. The zero-order valence-corrected chi connectivity index (χ0v) is 22.3. The summed E-state index contributed by atoms with van der Waals surface area (Å²) < 4.78 is 6.19. The van der Waals surface area contributed by atoms with E-state index in [0.717, 1.165) is 26.9 Å². The molecule has 0 radical (unpaired) electrons. The number of nitrogens with one attached hydrogen (secondary N) is 3. The fourth-order valence-electron chi connectivity index (χ4n) is 4.11. The van der Waals surface area contributed by atoms with Crippen LogP contribution in [0.5, 0.6) is 5.88 Å². The minimum Gasteiger partial charge on any atom is -0.481 e. The standard InChI is InChI=1S/C30H27N5O3S/c1-19-7-3-5-9-24(19)34-28-25(35-30(37)23-18-39-26-10-6-4-8-22(23)26)16-21(17-33-28)29(36)32-14-12-20-11-13-31-27(15-20)38-2/h3-11,13,15-18H,12,14H2,1-2H3,(H,32,36)(H,33,34)(H,35,37). The largest absolute Gasteiger partial charge is 0.481 e. The van der Waals surface area contributed by atoms with E-state index in [9.17, 15) is 9.59 Å². The van der Waals surface area contributed by atoms with E-state index in [1.807, 2.05) is 73.0 Å². The van der Waals surface area contributed by atoms with Gasteiger partial charge >= 0.3 is 0 Å². The number of thiophene rings is 1. The van der Waals surface area contributed by atoms with Gasteiger partial charge in [-0.25, -0.2) is 9.97 Å². The second kappa shape index (κ2) is 11.7. The van der Waals surface area contributed by atoms with Crippen molar-refractivity contribution in [3.8, 4) is 5.88 Å². The summed E-state index contributed by atoms with van der Waals surface area (Å²) in [6.45, 7) is 2.40. The fraction of sp³-hybridized carbons (Fsp3) is 0.133. The summed E-state index contributed by atoms with van der Waals surface area (Å²) in [6, 6.07) is 20.9. The van der Waals surface area contributed by atoms with Crippen molar-refractivity contribution in [2.45, 2.75) is 13.3 Å². The monoisotopic (exact) mass is 537 g/mol. The maximum atomic E-state index is 13.3. The smallest absolute Gasteiger partial charge is 0.257 e. The fourth-order valence-corrected chi connectivity index (χ4v) is 5.05. The lowest BCUT2D eigenvalue weighted by Gasteiger charge is -2.15. The first-order valence-corrected chi connectivity index (χ1v) is 13.3. The van der Waals surface area contributed by atoms with E-state index in [1.165, 1.54) is 17.5 Å². The molecule has 0 bridgehead atoms. The van der Waals surface area contributed by atoms with Gasteiger partial charge in [-0.1, -0.05) is 36.4 Å². The Labute approximate surface area is 230 Å². The number of nitrogens with zero attached hydrogens (tertiary/aromatic N) is 2. The van der Waals surface area contributed by atoms with Crippen LogP contribution in [-0.2, 0) is 6.42 Å². The number of carbonyl (C=O) groups is 2. The van der Waals surface area contributed by atoms with Crippen molar-refractivity contribution < 1.29 is 14.3 Å². The molecule has 2 aromatic carbocycles. The lowest BCUT2D eigenvalue weighted by atomic mass is 10.1. The molecule has 3 heterocycles. The van der Waals surface area contributed by atoms with Gasteiger partial charge in [0.25, 0.3) is 11.8 Å². The molecule has 9 heteroatoms. The Morgan fingerprint density at radius 1 is 0.949 bits per heavy atom. The van der Waals surface area contributed by atoms with Crippen LogP contribution in [0, 0.1) is 6.92 Å². The van der Waals surface area contributed by atoms with Crippen molar-refractivity contribution in [2.75, 3.05) is 24.3 Å². The van der Waals surface area contributed by atoms with E-state index in [4.69, 9.17) is 4.74 Å². The van der Waals surface area contributed by atoms with E-state index in [2.05, 4.69) is 25.9 Å². The molecule has 0 aliphatic rings. The minimum atomic E-state index is -0.289. The number of rotatable bonds is 9. The van der Waals surface area contributed by atoms with Gasteiger partial charge in [0.1, 0.15) is 0 Å². The molecule has 3 N–H and O–H groups in total. The van der Waals surface area contributed by atoms with E-state index < -0.39 is 0 Å².